The van der Waals surface area contributed by atoms with Crippen LogP contribution in [0.3, 0.4) is 0 Å². The summed E-state index contributed by atoms with van der Waals surface area (Å²) in [6.07, 6.45) is 5.97. The normalized spacial score (nSPS) is 17.8. The Morgan fingerprint density at radius 2 is 2.05 bits per heavy atom. The van der Waals surface area contributed by atoms with Crippen LogP contribution < -0.4 is 11.1 Å². The van der Waals surface area contributed by atoms with Gasteiger partial charge in [-0.1, -0.05) is 0 Å². The number of nitrogens with one attached hydrogen (secondary N) is 1. The Labute approximate surface area is 122 Å². The highest BCUT2D eigenvalue weighted by molar-refractivity contribution is 5.98. The Hall–Kier alpha value is -2.18. The van der Waals surface area contributed by atoms with Crippen LogP contribution in [-0.4, -0.2) is 22.4 Å². The molecule has 2 saturated carbocycles. The predicted octanol–water partition coefficient (Wildman–Crippen LogP) is 1.74. The van der Waals surface area contributed by atoms with Gasteiger partial charge in [0.1, 0.15) is 17.6 Å². The lowest BCUT2D eigenvalue weighted by Gasteiger charge is -2.16. The molecule has 0 aliphatic heterocycles. The zero-order valence-corrected chi connectivity index (χ0v) is 11.6. The number of carbonyl (C=O) groups is 1. The van der Waals surface area contributed by atoms with Crippen LogP contribution in [0.4, 0.5) is 11.5 Å². The van der Waals surface area contributed by atoms with Crippen molar-refractivity contribution in [2.45, 2.75) is 25.7 Å². The number of nitrogen functional groups attached to an aromatic ring is 1. The molecule has 7 nitrogen and oxygen atoms in total. The number of pyridine rings is 1. The van der Waals surface area contributed by atoms with Gasteiger partial charge in [-0.05, 0) is 49.5 Å². The van der Waals surface area contributed by atoms with E-state index in [0.29, 0.717) is 12.5 Å². The highest BCUT2D eigenvalue weighted by atomic mass is 16.6. The number of rotatable bonds is 6. The van der Waals surface area contributed by atoms with Crippen molar-refractivity contribution in [1.82, 2.24) is 10.3 Å². The molecule has 3 rings (SSSR count). The largest absolute Gasteiger partial charge is 0.384 e. The van der Waals surface area contributed by atoms with E-state index in [2.05, 4.69) is 10.3 Å². The summed E-state index contributed by atoms with van der Waals surface area (Å²) in [5, 5.41) is 13.8. The molecule has 0 bridgehead atoms. The predicted molar refractivity (Wildman–Crippen MR) is 76.6 cm³/mol. The molecule has 2 fully saturated rings. The molecule has 0 atom stereocenters. The molecule has 0 unspecified atom stereocenters. The minimum Gasteiger partial charge on any atom is -0.384 e. The minimum atomic E-state index is -0.610. The average molecular weight is 290 g/mol. The number of nitrogens with zero attached hydrogens (tertiary/aromatic N) is 2. The van der Waals surface area contributed by atoms with Gasteiger partial charge in [0.15, 0.2) is 0 Å². The van der Waals surface area contributed by atoms with Crippen LogP contribution >= 0.6 is 0 Å². The van der Waals surface area contributed by atoms with E-state index in [-0.39, 0.29) is 17.1 Å². The molecule has 0 saturated heterocycles. The summed E-state index contributed by atoms with van der Waals surface area (Å²) in [7, 11) is 0. The zero-order valence-electron chi connectivity index (χ0n) is 11.6. The summed E-state index contributed by atoms with van der Waals surface area (Å²) < 4.78 is 0. The van der Waals surface area contributed by atoms with Crippen molar-refractivity contribution in [3.63, 3.8) is 0 Å². The lowest BCUT2D eigenvalue weighted by atomic mass is 9.98. The fourth-order valence-electron chi connectivity index (χ4n) is 2.86. The SMILES string of the molecule is Nc1cc(C(=O)NCC(C2CC2)C2CC2)c([N+](=O)[O-])cn1. The molecule has 1 aromatic rings. The molecule has 3 N–H and O–H groups in total. The van der Waals surface area contributed by atoms with Gasteiger partial charge in [-0.3, -0.25) is 14.9 Å². The Morgan fingerprint density at radius 1 is 1.43 bits per heavy atom. The van der Waals surface area contributed by atoms with Crippen molar-refractivity contribution in [2.75, 3.05) is 12.3 Å². The van der Waals surface area contributed by atoms with Gasteiger partial charge in [0.05, 0.1) is 4.92 Å². The number of carbonyl (C=O) groups excluding carboxylic acids is 1. The molecule has 0 radical (unpaired) electrons. The zero-order chi connectivity index (χ0) is 15.0. The van der Waals surface area contributed by atoms with Crippen LogP contribution in [0.5, 0.6) is 0 Å². The van der Waals surface area contributed by atoms with E-state index in [1.165, 1.54) is 31.7 Å². The first-order valence-corrected chi connectivity index (χ1v) is 7.24. The first-order valence-electron chi connectivity index (χ1n) is 7.24. The van der Waals surface area contributed by atoms with Gasteiger partial charge in [0.25, 0.3) is 11.6 Å². The van der Waals surface area contributed by atoms with Crippen molar-refractivity contribution in [3.8, 4) is 0 Å². The summed E-state index contributed by atoms with van der Waals surface area (Å²) in [6, 6.07) is 1.26. The van der Waals surface area contributed by atoms with E-state index in [9.17, 15) is 14.9 Å². The number of aromatic nitrogens is 1. The third kappa shape index (κ3) is 3.12. The van der Waals surface area contributed by atoms with Crippen LogP contribution in [0, 0.1) is 27.9 Å². The molecule has 21 heavy (non-hydrogen) atoms. The van der Waals surface area contributed by atoms with E-state index in [1.807, 2.05) is 0 Å². The Morgan fingerprint density at radius 3 is 2.57 bits per heavy atom. The molecular weight excluding hydrogens is 272 g/mol. The number of nitrogens with two attached hydrogens (primary N) is 1. The average Bonchev–Trinajstić information content (AvgIpc) is 3.32. The van der Waals surface area contributed by atoms with Crippen molar-refractivity contribution in [1.29, 1.82) is 0 Å². The van der Waals surface area contributed by atoms with Crippen LogP contribution in [0.25, 0.3) is 0 Å². The second-order valence-corrected chi connectivity index (χ2v) is 5.93. The maximum absolute atomic E-state index is 12.2. The molecule has 1 heterocycles. The molecule has 0 spiro atoms. The first kappa shape index (κ1) is 13.8. The first-order chi connectivity index (χ1) is 10.1. The summed E-state index contributed by atoms with van der Waals surface area (Å²) in [5.41, 5.74) is 5.20. The number of hydrogen-bond acceptors (Lipinski definition) is 5. The number of nitro groups is 1. The number of anilines is 1. The lowest BCUT2D eigenvalue weighted by molar-refractivity contribution is -0.385. The summed E-state index contributed by atoms with van der Waals surface area (Å²) in [6.45, 7) is 0.591. The molecular formula is C14H18N4O3. The lowest BCUT2D eigenvalue weighted by Crippen LogP contribution is -2.31. The third-order valence-electron chi connectivity index (χ3n) is 4.30. The van der Waals surface area contributed by atoms with E-state index >= 15 is 0 Å². The van der Waals surface area contributed by atoms with Gasteiger partial charge in [-0.25, -0.2) is 4.98 Å². The second-order valence-electron chi connectivity index (χ2n) is 5.93. The quantitative estimate of drug-likeness (QED) is 0.612. The molecule has 112 valence electrons. The number of amides is 1. The van der Waals surface area contributed by atoms with E-state index in [4.69, 9.17) is 5.73 Å². The van der Waals surface area contributed by atoms with Crippen molar-refractivity contribution in [3.05, 3.63) is 27.9 Å². The van der Waals surface area contributed by atoms with E-state index < -0.39 is 10.8 Å². The van der Waals surface area contributed by atoms with E-state index in [0.717, 1.165) is 18.0 Å². The Balaban J connectivity index is 1.69. The smallest absolute Gasteiger partial charge is 0.300 e. The fraction of sp³-hybridized carbons (Fsp3) is 0.571. The molecule has 1 amide bonds. The topological polar surface area (TPSA) is 111 Å². The van der Waals surface area contributed by atoms with Crippen molar-refractivity contribution >= 4 is 17.4 Å². The van der Waals surface area contributed by atoms with E-state index in [1.54, 1.807) is 0 Å². The Bertz CT molecular complexity index is 570. The van der Waals surface area contributed by atoms with Gasteiger partial charge >= 0.3 is 0 Å². The maximum atomic E-state index is 12.2. The van der Waals surface area contributed by atoms with Gasteiger partial charge in [0, 0.05) is 6.54 Å². The molecule has 0 aromatic carbocycles. The van der Waals surface area contributed by atoms with Crippen LogP contribution in [0.15, 0.2) is 12.3 Å². The van der Waals surface area contributed by atoms with Gasteiger partial charge in [-0.2, -0.15) is 0 Å². The third-order valence-corrected chi connectivity index (χ3v) is 4.30. The Kier molecular flexibility index (Phi) is 3.48. The molecule has 1 aromatic heterocycles. The standard InChI is InChI=1S/C14H18N4O3/c15-13-5-10(12(7-16-13)18(20)21)14(19)17-6-11(8-1-2-8)9-3-4-9/h5,7-9,11H,1-4,6H2,(H2,15,16)(H,17,19). The van der Waals surface area contributed by atoms with Gasteiger partial charge in [0.2, 0.25) is 0 Å². The summed E-state index contributed by atoms with van der Waals surface area (Å²) in [4.78, 5) is 26.2. The summed E-state index contributed by atoms with van der Waals surface area (Å²) in [5.74, 6) is 1.62. The van der Waals surface area contributed by atoms with Gasteiger partial charge in [-0.15, -0.1) is 0 Å². The van der Waals surface area contributed by atoms with Gasteiger partial charge < -0.3 is 11.1 Å². The second kappa shape index (κ2) is 5.31. The molecule has 2 aliphatic carbocycles. The fourth-order valence-corrected chi connectivity index (χ4v) is 2.86. The number of hydrogen-bond donors (Lipinski definition) is 2. The molecule has 7 heteroatoms. The van der Waals surface area contributed by atoms with Crippen molar-refractivity contribution in [2.24, 2.45) is 17.8 Å². The van der Waals surface area contributed by atoms with Crippen LogP contribution in [0.2, 0.25) is 0 Å². The van der Waals surface area contributed by atoms with Crippen LogP contribution in [0.1, 0.15) is 36.0 Å². The van der Waals surface area contributed by atoms with Crippen molar-refractivity contribution < 1.29 is 9.72 Å². The highest BCUT2D eigenvalue weighted by Crippen LogP contribution is 2.48. The molecule has 2 aliphatic rings. The summed E-state index contributed by atoms with van der Waals surface area (Å²) >= 11 is 0. The minimum absolute atomic E-state index is 0.0159. The highest BCUT2D eigenvalue weighted by Gasteiger charge is 2.41. The monoisotopic (exact) mass is 290 g/mol. The maximum Gasteiger partial charge on any atom is 0.300 e. The van der Waals surface area contributed by atoms with Crippen LogP contribution in [-0.2, 0) is 0 Å².